The zero-order valence-electron chi connectivity index (χ0n) is 9.42. The standard InChI is InChI=1S/C10H14N4O2.ClH/c1-2-5-13-10(12)7-3-4-8(11)9(6-7)14(15)16;/h3-4,6H,2,5,11H2,1H3,(H2,12,13);1H. The number of halogens is 1. The summed E-state index contributed by atoms with van der Waals surface area (Å²) in [5.74, 6) is 0.296. The third-order valence-corrected chi connectivity index (χ3v) is 2.03. The second-order valence-electron chi connectivity index (χ2n) is 3.30. The quantitative estimate of drug-likeness (QED) is 0.282. The Morgan fingerprint density at radius 2 is 2.18 bits per heavy atom. The van der Waals surface area contributed by atoms with Gasteiger partial charge in [0.25, 0.3) is 5.69 Å². The fourth-order valence-corrected chi connectivity index (χ4v) is 1.18. The monoisotopic (exact) mass is 258 g/mol. The molecule has 0 radical (unpaired) electrons. The fraction of sp³-hybridized carbons (Fsp3) is 0.300. The van der Waals surface area contributed by atoms with E-state index in [0.29, 0.717) is 17.9 Å². The number of nitro groups is 1. The normalized spacial score (nSPS) is 10.8. The molecule has 0 fully saturated rings. The van der Waals surface area contributed by atoms with E-state index in [4.69, 9.17) is 11.5 Å². The van der Waals surface area contributed by atoms with E-state index in [1.165, 1.54) is 12.1 Å². The van der Waals surface area contributed by atoms with Gasteiger partial charge >= 0.3 is 0 Å². The van der Waals surface area contributed by atoms with Crippen LogP contribution < -0.4 is 11.5 Å². The van der Waals surface area contributed by atoms with E-state index in [1.54, 1.807) is 6.07 Å². The predicted molar refractivity (Wildman–Crippen MR) is 70.6 cm³/mol. The molecule has 0 saturated carbocycles. The van der Waals surface area contributed by atoms with Gasteiger partial charge in [-0.15, -0.1) is 12.4 Å². The smallest absolute Gasteiger partial charge is 0.292 e. The van der Waals surface area contributed by atoms with Crippen molar-refractivity contribution in [3.8, 4) is 0 Å². The Hall–Kier alpha value is -1.82. The molecule has 6 nitrogen and oxygen atoms in total. The van der Waals surface area contributed by atoms with Crippen molar-refractivity contribution in [2.75, 3.05) is 12.3 Å². The van der Waals surface area contributed by atoms with E-state index in [1.807, 2.05) is 6.92 Å². The Morgan fingerprint density at radius 1 is 1.53 bits per heavy atom. The maximum Gasteiger partial charge on any atom is 0.292 e. The molecule has 4 N–H and O–H groups in total. The third kappa shape index (κ3) is 3.92. The highest BCUT2D eigenvalue weighted by molar-refractivity contribution is 5.98. The van der Waals surface area contributed by atoms with Gasteiger partial charge in [-0.05, 0) is 18.6 Å². The number of hydrogen-bond acceptors (Lipinski definition) is 4. The van der Waals surface area contributed by atoms with Gasteiger partial charge in [-0.1, -0.05) is 6.92 Å². The Morgan fingerprint density at radius 3 is 2.71 bits per heavy atom. The number of aliphatic imine (C=N–C) groups is 1. The van der Waals surface area contributed by atoms with Crippen molar-refractivity contribution in [1.29, 1.82) is 0 Å². The van der Waals surface area contributed by atoms with Gasteiger partial charge in [-0.25, -0.2) is 0 Å². The lowest BCUT2D eigenvalue weighted by molar-refractivity contribution is -0.383. The minimum absolute atomic E-state index is 0. The first-order valence-corrected chi connectivity index (χ1v) is 4.90. The number of benzene rings is 1. The molecule has 0 bridgehead atoms. The lowest BCUT2D eigenvalue weighted by Crippen LogP contribution is -2.14. The Labute approximate surface area is 105 Å². The zero-order valence-corrected chi connectivity index (χ0v) is 10.2. The topological polar surface area (TPSA) is 108 Å². The van der Waals surface area contributed by atoms with Gasteiger partial charge in [0.1, 0.15) is 11.5 Å². The number of rotatable bonds is 4. The second-order valence-corrected chi connectivity index (χ2v) is 3.30. The average Bonchev–Trinajstić information content (AvgIpc) is 2.26. The molecule has 0 aliphatic carbocycles. The summed E-state index contributed by atoms with van der Waals surface area (Å²) in [6, 6.07) is 4.42. The first kappa shape index (κ1) is 15.2. The van der Waals surface area contributed by atoms with Crippen molar-refractivity contribution in [2.24, 2.45) is 10.7 Å². The van der Waals surface area contributed by atoms with Crippen LogP contribution >= 0.6 is 12.4 Å². The van der Waals surface area contributed by atoms with Crippen LogP contribution in [0.1, 0.15) is 18.9 Å². The lowest BCUT2D eigenvalue weighted by atomic mass is 10.1. The summed E-state index contributed by atoms with van der Waals surface area (Å²) in [6.45, 7) is 2.58. The fourth-order valence-electron chi connectivity index (χ4n) is 1.18. The van der Waals surface area contributed by atoms with Crippen LogP contribution in [0.4, 0.5) is 11.4 Å². The van der Waals surface area contributed by atoms with Gasteiger partial charge in [0.2, 0.25) is 0 Å². The summed E-state index contributed by atoms with van der Waals surface area (Å²) in [5, 5.41) is 10.7. The summed E-state index contributed by atoms with van der Waals surface area (Å²) in [6.07, 6.45) is 0.873. The van der Waals surface area contributed by atoms with Crippen LogP contribution in [-0.4, -0.2) is 17.3 Å². The Bertz CT molecular complexity index is 434. The minimum Gasteiger partial charge on any atom is -0.393 e. The van der Waals surface area contributed by atoms with E-state index < -0.39 is 4.92 Å². The van der Waals surface area contributed by atoms with Gasteiger partial charge in [0.15, 0.2) is 0 Å². The van der Waals surface area contributed by atoms with E-state index in [-0.39, 0.29) is 23.8 Å². The zero-order chi connectivity index (χ0) is 12.1. The van der Waals surface area contributed by atoms with Crippen molar-refractivity contribution in [2.45, 2.75) is 13.3 Å². The van der Waals surface area contributed by atoms with Gasteiger partial charge in [-0.2, -0.15) is 0 Å². The molecule has 0 aliphatic rings. The highest BCUT2D eigenvalue weighted by Gasteiger charge is 2.12. The molecule has 0 unspecified atom stereocenters. The molecule has 1 rings (SSSR count). The Balaban J connectivity index is 0.00000256. The average molecular weight is 259 g/mol. The second kappa shape index (κ2) is 6.70. The van der Waals surface area contributed by atoms with Crippen LogP contribution in [0.25, 0.3) is 0 Å². The number of hydrogen-bond donors (Lipinski definition) is 2. The first-order chi connectivity index (χ1) is 7.56. The molecule has 0 aliphatic heterocycles. The number of amidine groups is 1. The molecule has 0 spiro atoms. The van der Waals surface area contributed by atoms with Gasteiger partial charge in [0.05, 0.1) is 4.92 Å². The maximum atomic E-state index is 10.7. The summed E-state index contributed by atoms with van der Waals surface area (Å²) < 4.78 is 0. The van der Waals surface area contributed by atoms with Crippen LogP contribution in [0.2, 0.25) is 0 Å². The first-order valence-electron chi connectivity index (χ1n) is 4.90. The van der Waals surface area contributed by atoms with Crippen molar-refractivity contribution < 1.29 is 4.92 Å². The maximum absolute atomic E-state index is 10.7. The number of nitro benzene ring substituents is 1. The van der Waals surface area contributed by atoms with Gasteiger partial charge in [0, 0.05) is 18.2 Å². The summed E-state index contributed by atoms with van der Waals surface area (Å²) in [5.41, 5.74) is 11.7. The van der Waals surface area contributed by atoms with Crippen LogP contribution in [-0.2, 0) is 0 Å². The van der Waals surface area contributed by atoms with E-state index in [0.717, 1.165) is 6.42 Å². The highest BCUT2D eigenvalue weighted by atomic mass is 35.5. The largest absolute Gasteiger partial charge is 0.393 e. The van der Waals surface area contributed by atoms with Crippen LogP contribution in [0.15, 0.2) is 23.2 Å². The van der Waals surface area contributed by atoms with Crippen molar-refractivity contribution in [3.63, 3.8) is 0 Å². The molecular weight excluding hydrogens is 244 g/mol. The number of nitrogens with two attached hydrogens (primary N) is 2. The molecule has 0 heterocycles. The highest BCUT2D eigenvalue weighted by Crippen LogP contribution is 2.22. The van der Waals surface area contributed by atoms with Gasteiger partial charge < -0.3 is 11.5 Å². The van der Waals surface area contributed by atoms with Crippen LogP contribution in [0.5, 0.6) is 0 Å². The van der Waals surface area contributed by atoms with E-state index in [9.17, 15) is 10.1 Å². The molecule has 1 aromatic rings. The molecule has 7 heteroatoms. The van der Waals surface area contributed by atoms with E-state index in [2.05, 4.69) is 4.99 Å². The third-order valence-electron chi connectivity index (χ3n) is 2.03. The molecule has 1 aromatic carbocycles. The SMILES string of the molecule is CCCN=C(N)c1ccc(N)c([N+](=O)[O-])c1.Cl. The molecule has 0 amide bonds. The number of anilines is 1. The molecule has 0 atom stereocenters. The Kier molecular flexibility index (Phi) is 5.98. The summed E-state index contributed by atoms with van der Waals surface area (Å²) in [4.78, 5) is 14.2. The lowest BCUT2D eigenvalue weighted by Gasteiger charge is -2.02. The van der Waals surface area contributed by atoms with Gasteiger partial charge in [-0.3, -0.25) is 15.1 Å². The van der Waals surface area contributed by atoms with Crippen molar-refractivity contribution in [1.82, 2.24) is 0 Å². The van der Waals surface area contributed by atoms with Crippen LogP contribution in [0, 0.1) is 10.1 Å². The summed E-state index contributed by atoms with van der Waals surface area (Å²) >= 11 is 0. The molecule has 94 valence electrons. The molecule has 0 aromatic heterocycles. The van der Waals surface area contributed by atoms with Crippen molar-refractivity contribution >= 4 is 29.6 Å². The minimum atomic E-state index is -0.536. The number of nitrogens with zero attached hydrogens (tertiary/aromatic N) is 2. The van der Waals surface area contributed by atoms with Crippen LogP contribution in [0.3, 0.4) is 0 Å². The molecule has 17 heavy (non-hydrogen) atoms. The van der Waals surface area contributed by atoms with E-state index >= 15 is 0 Å². The molecule has 0 saturated heterocycles. The van der Waals surface area contributed by atoms with Crippen molar-refractivity contribution in [3.05, 3.63) is 33.9 Å². The predicted octanol–water partition coefficient (Wildman–Crippen LogP) is 1.71. The summed E-state index contributed by atoms with van der Waals surface area (Å²) in [7, 11) is 0. The molecular formula is C10H15ClN4O2. The number of nitrogen functional groups attached to an aromatic ring is 1.